The van der Waals surface area contributed by atoms with Gasteiger partial charge < -0.3 is 4.98 Å². The Morgan fingerprint density at radius 3 is 2.44 bits per heavy atom. The maximum absolute atomic E-state index is 12.5. The summed E-state index contributed by atoms with van der Waals surface area (Å²) in [7, 11) is -4.57. The van der Waals surface area contributed by atoms with E-state index in [-0.39, 0.29) is 0 Å². The second kappa shape index (κ2) is 3.99. The molecule has 0 aromatic carbocycles. The second-order valence-electron chi connectivity index (χ2n) is 2.75. The highest BCUT2D eigenvalue weighted by molar-refractivity contribution is 7.89. The number of nitriles is 1. The number of sulfonamides is 1. The van der Waals surface area contributed by atoms with Gasteiger partial charge in [0.15, 0.2) is 4.90 Å². The number of nitrogens with two attached hydrogens (primary N) is 1. The molecule has 0 saturated carbocycles. The summed E-state index contributed by atoms with van der Waals surface area (Å²) in [5.41, 5.74) is -2.88. The highest BCUT2D eigenvalue weighted by Gasteiger charge is 2.25. The SMILES string of the molecule is N#Cc1cc(C(F)F)c(S(N)(=O)=O)c(=O)[nH]1. The van der Waals surface area contributed by atoms with Crippen molar-refractivity contribution in [2.75, 3.05) is 0 Å². The fourth-order valence-corrected chi connectivity index (χ4v) is 1.87. The molecular formula is C7H5F2N3O3S. The third-order valence-electron chi connectivity index (χ3n) is 1.66. The van der Waals surface area contributed by atoms with Crippen LogP contribution in [0.2, 0.25) is 0 Å². The van der Waals surface area contributed by atoms with Gasteiger partial charge in [0.25, 0.3) is 12.0 Å². The molecular weight excluding hydrogens is 244 g/mol. The third-order valence-corrected chi connectivity index (χ3v) is 2.65. The fourth-order valence-electron chi connectivity index (χ4n) is 1.08. The molecule has 1 rings (SSSR count). The molecule has 9 heteroatoms. The van der Waals surface area contributed by atoms with Gasteiger partial charge in [-0.15, -0.1) is 0 Å². The Morgan fingerprint density at radius 1 is 1.50 bits per heavy atom. The number of pyridine rings is 1. The molecule has 0 aliphatic heterocycles. The van der Waals surface area contributed by atoms with E-state index in [0.29, 0.717) is 6.07 Å². The molecule has 3 N–H and O–H groups in total. The molecule has 0 spiro atoms. The van der Waals surface area contributed by atoms with E-state index < -0.39 is 38.2 Å². The van der Waals surface area contributed by atoms with E-state index in [1.807, 2.05) is 4.98 Å². The minimum Gasteiger partial charge on any atom is -0.312 e. The lowest BCUT2D eigenvalue weighted by atomic mass is 10.2. The van der Waals surface area contributed by atoms with Gasteiger partial charge >= 0.3 is 0 Å². The Hall–Kier alpha value is -1.79. The van der Waals surface area contributed by atoms with E-state index in [4.69, 9.17) is 5.26 Å². The van der Waals surface area contributed by atoms with Gasteiger partial charge in [0.05, 0.1) is 0 Å². The minimum atomic E-state index is -4.57. The lowest BCUT2D eigenvalue weighted by Gasteiger charge is -2.05. The molecule has 86 valence electrons. The number of hydrogen-bond donors (Lipinski definition) is 2. The van der Waals surface area contributed by atoms with E-state index in [0.717, 1.165) is 0 Å². The van der Waals surface area contributed by atoms with Crippen LogP contribution in [0.1, 0.15) is 17.7 Å². The molecule has 0 amide bonds. The quantitative estimate of drug-likeness (QED) is 0.756. The predicted molar refractivity (Wildman–Crippen MR) is 48.1 cm³/mol. The Bertz CT molecular complexity index is 615. The van der Waals surface area contributed by atoms with Crippen LogP contribution in [-0.2, 0) is 10.0 Å². The number of nitrogens with zero attached hydrogens (tertiary/aromatic N) is 1. The Balaban J connectivity index is 3.76. The smallest absolute Gasteiger partial charge is 0.269 e. The summed E-state index contributed by atoms with van der Waals surface area (Å²) in [6, 6.07) is 1.99. The van der Waals surface area contributed by atoms with Crippen LogP contribution in [0.5, 0.6) is 0 Å². The number of rotatable bonds is 2. The first-order chi connectivity index (χ1) is 7.27. The molecule has 0 fully saturated rings. The van der Waals surface area contributed by atoms with Crippen LogP contribution in [0.4, 0.5) is 8.78 Å². The number of alkyl halides is 2. The van der Waals surface area contributed by atoms with Crippen molar-refractivity contribution in [3.8, 4) is 6.07 Å². The third kappa shape index (κ3) is 2.23. The highest BCUT2D eigenvalue weighted by Crippen LogP contribution is 2.23. The van der Waals surface area contributed by atoms with Crippen LogP contribution in [0, 0.1) is 11.3 Å². The van der Waals surface area contributed by atoms with Crippen molar-refractivity contribution in [1.29, 1.82) is 5.26 Å². The van der Waals surface area contributed by atoms with Crippen molar-refractivity contribution >= 4 is 10.0 Å². The molecule has 1 aromatic heterocycles. The van der Waals surface area contributed by atoms with Gasteiger partial charge in [-0.2, -0.15) is 5.26 Å². The Labute approximate surface area is 88.4 Å². The van der Waals surface area contributed by atoms with Crippen molar-refractivity contribution in [2.45, 2.75) is 11.3 Å². The summed E-state index contributed by atoms with van der Waals surface area (Å²) in [6.45, 7) is 0. The van der Waals surface area contributed by atoms with Crippen molar-refractivity contribution in [1.82, 2.24) is 4.98 Å². The molecule has 0 bridgehead atoms. The molecule has 0 aliphatic carbocycles. The maximum Gasteiger partial charge on any atom is 0.269 e. The van der Waals surface area contributed by atoms with E-state index in [1.165, 1.54) is 6.07 Å². The first-order valence-corrected chi connectivity index (χ1v) is 5.30. The van der Waals surface area contributed by atoms with Gasteiger partial charge in [0, 0.05) is 5.56 Å². The van der Waals surface area contributed by atoms with Gasteiger partial charge in [0.1, 0.15) is 11.8 Å². The summed E-state index contributed by atoms with van der Waals surface area (Å²) >= 11 is 0. The van der Waals surface area contributed by atoms with Crippen LogP contribution in [0.25, 0.3) is 0 Å². The number of aromatic nitrogens is 1. The van der Waals surface area contributed by atoms with Crippen LogP contribution in [0.3, 0.4) is 0 Å². The number of hydrogen-bond acceptors (Lipinski definition) is 4. The summed E-state index contributed by atoms with van der Waals surface area (Å²) < 4.78 is 46.8. The highest BCUT2D eigenvalue weighted by atomic mass is 32.2. The summed E-state index contributed by atoms with van der Waals surface area (Å²) in [4.78, 5) is 11.8. The van der Waals surface area contributed by atoms with Gasteiger partial charge in [0.2, 0.25) is 10.0 Å². The first kappa shape index (κ1) is 12.3. The second-order valence-corrected chi connectivity index (χ2v) is 4.25. The van der Waals surface area contributed by atoms with Crippen LogP contribution in [-0.4, -0.2) is 13.4 Å². The number of primary sulfonamides is 1. The topological polar surface area (TPSA) is 117 Å². The van der Waals surface area contributed by atoms with Crippen molar-refractivity contribution < 1.29 is 17.2 Å². The molecule has 16 heavy (non-hydrogen) atoms. The normalized spacial score (nSPS) is 11.4. The average molecular weight is 249 g/mol. The molecule has 1 heterocycles. The van der Waals surface area contributed by atoms with Gasteiger partial charge in [-0.1, -0.05) is 0 Å². The Kier molecular flexibility index (Phi) is 3.06. The number of halogens is 2. The van der Waals surface area contributed by atoms with Crippen LogP contribution < -0.4 is 10.7 Å². The van der Waals surface area contributed by atoms with E-state index in [9.17, 15) is 22.0 Å². The lowest BCUT2D eigenvalue weighted by Crippen LogP contribution is -2.26. The summed E-state index contributed by atoms with van der Waals surface area (Å²) in [6.07, 6.45) is -3.22. The molecule has 0 aliphatic rings. The first-order valence-electron chi connectivity index (χ1n) is 3.75. The molecule has 6 nitrogen and oxygen atoms in total. The Morgan fingerprint density at radius 2 is 2.06 bits per heavy atom. The standard InChI is InChI=1S/C7H5F2N3O3S/c8-6(9)4-1-3(2-10)12-7(13)5(4)16(11,14)15/h1,6H,(H,12,13)(H2,11,14,15). The van der Waals surface area contributed by atoms with E-state index in [2.05, 4.69) is 5.14 Å². The van der Waals surface area contributed by atoms with Crippen molar-refractivity contribution in [3.05, 3.63) is 27.7 Å². The summed E-state index contributed by atoms with van der Waals surface area (Å²) in [5.74, 6) is 0. The number of H-pyrrole nitrogens is 1. The lowest BCUT2D eigenvalue weighted by molar-refractivity contribution is 0.147. The molecule has 1 aromatic rings. The summed E-state index contributed by atoms with van der Waals surface area (Å²) in [5, 5.41) is 13.0. The van der Waals surface area contributed by atoms with Crippen molar-refractivity contribution in [2.24, 2.45) is 5.14 Å². The molecule has 0 unspecified atom stereocenters. The predicted octanol–water partition coefficient (Wildman–Crippen LogP) is -0.168. The van der Waals surface area contributed by atoms with Gasteiger partial charge in [-0.05, 0) is 6.07 Å². The van der Waals surface area contributed by atoms with E-state index >= 15 is 0 Å². The van der Waals surface area contributed by atoms with Gasteiger partial charge in [-0.25, -0.2) is 22.3 Å². The van der Waals surface area contributed by atoms with Crippen LogP contribution in [0.15, 0.2) is 15.8 Å². The molecule has 0 atom stereocenters. The zero-order valence-electron chi connectivity index (χ0n) is 7.57. The molecule has 0 saturated heterocycles. The van der Waals surface area contributed by atoms with Gasteiger partial charge in [-0.3, -0.25) is 4.79 Å². The minimum absolute atomic E-state index is 0.465. The fraction of sp³-hybridized carbons (Fsp3) is 0.143. The van der Waals surface area contributed by atoms with Crippen molar-refractivity contribution in [3.63, 3.8) is 0 Å². The zero-order chi connectivity index (χ0) is 12.5. The maximum atomic E-state index is 12.5. The molecule has 0 radical (unpaired) electrons. The zero-order valence-corrected chi connectivity index (χ0v) is 8.38. The largest absolute Gasteiger partial charge is 0.312 e. The average Bonchev–Trinajstić information content (AvgIpc) is 2.14. The van der Waals surface area contributed by atoms with E-state index in [1.54, 1.807) is 0 Å². The monoisotopic (exact) mass is 249 g/mol. The van der Waals surface area contributed by atoms with Crippen LogP contribution >= 0.6 is 0 Å². The number of aromatic amines is 1. The number of nitrogens with one attached hydrogen (secondary N) is 1.